The highest BCUT2D eigenvalue weighted by atomic mass is 32.1. The van der Waals surface area contributed by atoms with Gasteiger partial charge in [-0.3, -0.25) is 14.9 Å². The molecule has 0 saturated heterocycles. The fraction of sp³-hybridized carbons (Fsp3) is 0.179. The summed E-state index contributed by atoms with van der Waals surface area (Å²) in [6.45, 7) is 3.24. The molecule has 4 aromatic rings. The minimum atomic E-state index is -1.09. The zero-order valence-corrected chi connectivity index (χ0v) is 21.4. The molecule has 3 aromatic carbocycles. The van der Waals surface area contributed by atoms with Gasteiger partial charge < -0.3 is 15.3 Å². The van der Waals surface area contributed by atoms with Gasteiger partial charge in [-0.25, -0.2) is 9.78 Å². The molecular formula is C28H26N4O5S. The number of nitrogens with zero attached hydrogens (tertiary/aromatic N) is 3. The number of aromatic nitrogens is 1. The largest absolute Gasteiger partial charge is 0.480 e. The Bertz CT molecular complexity index is 1420. The second-order valence-electron chi connectivity index (χ2n) is 8.59. The number of nitro groups is 1. The predicted octanol–water partition coefficient (Wildman–Crippen LogP) is 5.17. The molecule has 10 heteroatoms. The Morgan fingerprint density at radius 1 is 1.05 bits per heavy atom. The normalized spacial score (nSPS) is 11.5. The standard InChI is InChI=1S/C28H26N4O5S/c1-2-31(28-30-25(18-38-28)22-9-6-10-23(16-22)32(36)37)17-20-11-13-21(14-12-20)26(33)29-24(27(34)35)15-19-7-4-3-5-8-19/h3-14,16,18,24H,2,15,17H2,1H3,(H,29,33)(H,34,35). The number of amides is 1. The van der Waals surface area contributed by atoms with Crippen molar-refractivity contribution >= 4 is 34.0 Å². The molecule has 0 saturated carbocycles. The van der Waals surface area contributed by atoms with Crippen molar-refractivity contribution in [1.82, 2.24) is 10.3 Å². The first-order valence-electron chi connectivity index (χ1n) is 12.0. The Balaban J connectivity index is 1.41. The summed E-state index contributed by atoms with van der Waals surface area (Å²) in [6.07, 6.45) is 0.192. The van der Waals surface area contributed by atoms with Gasteiger partial charge in [-0.1, -0.05) is 54.6 Å². The number of hydrogen-bond acceptors (Lipinski definition) is 7. The molecule has 0 aliphatic rings. The molecule has 9 nitrogen and oxygen atoms in total. The molecule has 2 N–H and O–H groups in total. The number of benzene rings is 3. The lowest BCUT2D eigenvalue weighted by Crippen LogP contribution is -2.42. The number of rotatable bonds is 11. The average molecular weight is 531 g/mol. The number of nitro benzene ring substituents is 1. The van der Waals surface area contributed by atoms with E-state index in [1.54, 1.807) is 24.3 Å². The maximum atomic E-state index is 12.7. The first kappa shape index (κ1) is 26.5. The average Bonchev–Trinajstić information content (AvgIpc) is 3.42. The molecule has 38 heavy (non-hydrogen) atoms. The van der Waals surface area contributed by atoms with Crippen molar-refractivity contribution in [3.63, 3.8) is 0 Å². The number of carbonyl (C=O) groups is 2. The monoisotopic (exact) mass is 530 g/mol. The number of anilines is 1. The van der Waals surface area contributed by atoms with E-state index in [-0.39, 0.29) is 12.1 Å². The molecule has 0 aliphatic heterocycles. The number of thiazole rings is 1. The smallest absolute Gasteiger partial charge is 0.326 e. The first-order chi connectivity index (χ1) is 18.3. The molecule has 0 fully saturated rings. The Morgan fingerprint density at radius 3 is 2.45 bits per heavy atom. The third-order valence-electron chi connectivity index (χ3n) is 5.97. The van der Waals surface area contributed by atoms with E-state index in [1.165, 1.54) is 23.5 Å². The summed E-state index contributed by atoms with van der Waals surface area (Å²) in [7, 11) is 0. The number of carboxylic acids is 1. The highest BCUT2D eigenvalue weighted by Crippen LogP contribution is 2.30. The molecule has 4 rings (SSSR count). The van der Waals surface area contributed by atoms with Crippen molar-refractivity contribution < 1.29 is 19.6 Å². The minimum Gasteiger partial charge on any atom is -0.480 e. The van der Waals surface area contributed by atoms with Crippen LogP contribution in [0.1, 0.15) is 28.4 Å². The number of carbonyl (C=O) groups excluding carboxylic acids is 1. The van der Waals surface area contributed by atoms with Crippen LogP contribution in [0.2, 0.25) is 0 Å². The van der Waals surface area contributed by atoms with Crippen LogP contribution in [0.4, 0.5) is 10.8 Å². The second-order valence-corrected chi connectivity index (χ2v) is 9.42. The second kappa shape index (κ2) is 12.1. The van der Waals surface area contributed by atoms with Gasteiger partial charge >= 0.3 is 5.97 Å². The zero-order valence-electron chi connectivity index (χ0n) is 20.6. The predicted molar refractivity (Wildman–Crippen MR) is 146 cm³/mol. The lowest BCUT2D eigenvalue weighted by Gasteiger charge is -2.20. The topological polar surface area (TPSA) is 126 Å². The van der Waals surface area contributed by atoms with E-state index in [0.29, 0.717) is 29.9 Å². The quantitative estimate of drug-likeness (QED) is 0.202. The van der Waals surface area contributed by atoms with Crippen molar-refractivity contribution in [2.24, 2.45) is 0 Å². The summed E-state index contributed by atoms with van der Waals surface area (Å²) in [6, 6.07) is 21.5. The molecule has 0 radical (unpaired) electrons. The van der Waals surface area contributed by atoms with Gasteiger partial charge in [-0.05, 0) is 30.2 Å². The third-order valence-corrected chi connectivity index (χ3v) is 6.87. The van der Waals surface area contributed by atoms with Crippen LogP contribution in [0, 0.1) is 10.1 Å². The van der Waals surface area contributed by atoms with Crippen molar-refractivity contribution in [2.75, 3.05) is 11.4 Å². The van der Waals surface area contributed by atoms with E-state index in [9.17, 15) is 24.8 Å². The van der Waals surface area contributed by atoms with Gasteiger partial charge in [-0.15, -0.1) is 11.3 Å². The SMILES string of the molecule is CCN(Cc1ccc(C(=O)NC(Cc2ccccc2)C(=O)O)cc1)c1nc(-c2cccc([N+](=O)[O-])c2)cs1. The lowest BCUT2D eigenvalue weighted by atomic mass is 10.1. The Hall–Kier alpha value is -4.57. The maximum absolute atomic E-state index is 12.7. The van der Waals surface area contributed by atoms with Crippen LogP contribution >= 0.6 is 11.3 Å². The summed E-state index contributed by atoms with van der Waals surface area (Å²) in [5, 5.41) is 25.9. The van der Waals surface area contributed by atoms with Crippen molar-refractivity contribution in [3.8, 4) is 11.3 Å². The van der Waals surface area contributed by atoms with Crippen molar-refractivity contribution in [1.29, 1.82) is 0 Å². The van der Waals surface area contributed by atoms with E-state index in [2.05, 4.69) is 15.2 Å². The van der Waals surface area contributed by atoms with Gasteiger partial charge in [0.15, 0.2) is 5.13 Å². The first-order valence-corrected chi connectivity index (χ1v) is 12.8. The molecule has 194 valence electrons. The zero-order chi connectivity index (χ0) is 27.1. The highest BCUT2D eigenvalue weighted by molar-refractivity contribution is 7.14. The van der Waals surface area contributed by atoms with Crippen LogP contribution in [-0.4, -0.2) is 39.5 Å². The van der Waals surface area contributed by atoms with Crippen LogP contribution in [0.25, 0.3) is 11.3 Å². The molecule has 1 unspecified atom stereocenters. The van der Waals surface area contributed by atoms with E-state index in [0.717, 1.165) is 16.3 Å². The number of non-ortho nitro benzene ring substituents is 1. The summed E-state index contributed by atoms with van der Waals surface area (Å²) >= 11 is 1.45. The van der Waals surface area contributed by atoms with E-state index >= 15 is 0 Å². The van der Waals surface area contributed by atoms with E-state index in [4.69, 9.17) is 0 Å². The number of hydrogen-bond donors (Lipinski definition) is 2. The summed E-state index contributed by atoms with van der Waals surface area (Å²) in [4.78, 5) is 41.8. The number of carboxylic acid groups (broad SMARTS) is 1. The van der Waals surface area contributed by atoms with Crippen LogP contribution in [-0.2, 0) is 17.8 Å². The van der Waals surface area contributed by atoms with Crippen LogP contribution in [0.5, 0.6) is 0 Å². The fourth-order valence-corrected chi connectivity index (χ4v) is 4.81. The molecule has 1 amide bonds. The van der Waals surface area contributed by atoms with E-state index in [1.807, 2.05) is 54.8 Å². The molecule has 1 aromatic heterocycles. The van der Waals surface area contributed by atoms with Gasteiger partial charge in [-0.2, -0.15) is 0 Å². The van der Waals surface area contributed by atoms with Crippen molar-refractivity contribution in [2.45, 2.75) is 25.9 Å². The number of nitrogens with one attached hydrogen (secondary N) is 1. The lowest BCUT2D eigenvalue weighted by molar-refractivity contribution is -0.384. The molecule has 0 aliphatic carbocycles. The Kier molecular flexibility index (Phi) is 8.44. The summed E-state index contributed by atoms with van der Waals surface area (Å²) in [5.41, 5.74) is 3.52. The van der Waals surface area contributed by atoms with Gasteiger partial charge in [0.2, 0.25) is 0 Å². The molecule has 0 spiro atoms. The Labute approximate surface area is 223 Å². The number of aliphatic carboxylic acids is 1. The van der Waals surface area contributed by atoms with Crippen LogP contribution in [0.15, 0.2) is 84.2 Å². The molecule has 0 bridgehead atoms. The molecular weight excluding hydrogens is 504 g/mol. The fourth-order valence-electron chi connectivity index (χ4n) is 3.91. The van der Waals surface area contributed by atoms with Crippen LogP contribution in [0.3, 0.4) is 0 Å². The van der Waals surface area contributed by atoms with E-state index < -0.39 is 22.8 Å². The van der Waals surface area contributed by atoms with Gasteiger partial charge in [0.25, 0.3) is 11.6 Å². The van der Waals surface area contributed by atoms with Crippen molar-refractivity contribution in [3.05, 3.63) is 111 Å². The highest BCUT2D eigenvalue weighted by Gasteiger charge is 2.21. The van der Waals surface area contributed by atoms with Gasteiger partial charge in [0, 0.05) is 48.2 Å². The summed E-state index contributed by atoms with van der Waals surface area (Å²) < 4.78 is 0. The van der Waals surface area contributed by atoms with Gasteiger partial charge in [0.05, 0.1) is 10.6 Å². The maximum Gasteiger partial charge on any atom is 0.326 e. The molecule has 1 atom stereocenters. The third kappa shape index (κ3) is 6.60. The minimum absolute atomic E-state index is 0.0169. The van der Waals surface area contributed by atoms with Crippen LogP contribution < -0.4 is 10.2 Å². The summed E-state index contributed by atoms with van der Waals surface area (Å²) in [5.74, 6) is -1.54. The Morgan fingerprint density at radius 2 is 1.79 bits per heavy atom. The van der Waals surface area contributed by atoms with Gasteiger partial charge in [0.1, 0.15) is 6.04 Å². The molecule has 1 heterocycles.